The predicted octanol–water partition coefficient (Wildman–Crippen LogP) is 3.55. The van der Waals surface area contributed by atoms with Gasteiger partial charge < -0.3 is 0 Å². The topological polar surface area (TPSA) is 0 Å². The van der Waals surface area contributed by atoms with E-state index in [0.29, 0.717) is 0 Å². The Balaban J connectivity index is 0. The van der Waals surface area contributed by atoms with Gasteiger partial charge in [-0.2, -0.15) is 0 Å². The Morgan fingerprint density at radius 2 is 1.89 bits per heavy atom. The summed E-state index contributed by atoms with van der Waals surface area (Å²) in [5, 5.41) is 0. The summed E-state index contributed by atoms with van der Waals surface area (Å²) >= 11 is 0. The summed E-state index contributed by atoms with van der Waals surface area (Å²) in [6, 6.07) is 0. The van der Waals surface area contributed by atoms with Crippen LogP contribution in [0, 0.1) is 0 Å². The van der Waals surface area contributed by atoms with Crippen LogP contribution in [0.15, 0.2) is 25.3 Å². The molecule has 9 heavy (non-hydrogen) atoms. The minimum Gasteiger partial charge on any atom is -0.106 e. The van der Waals surface area contributed by atoms with Crippen LogP contribution in [-0.4, -0.2) is 0 Å². The highest BCUT2D eigenvalue weighted by Crippen LogP contribution is 1.93. The van der Waals surface area contributed by atoms with E-state index in [0.717, 1.165) is 0 Å². The largest absolute Gasteiger partial charge is 0.106 e. The van der Waals surface area contributed by atoms with E-state index >= 15 is 0 Å². The van der Waals surface area contributed by atoms with Crippen molar-refractivity contribution in [1.82, 2.24) is 0 Å². The average molecular weight is 126 g/mol. The molecule has 0 saturated heterocycles. The number of hydrogen-bond acceptors (Lipinski definition) is 0. The van der Waals surface area contributed by atoms with E-state index < -0.39 is 0 Å². The van der Waals surface area contributed by atoms with Crippen LogP contribution in [0.25, 0.3) is 0 Å². The van der Waals surface area contributed by atoms with E-state index in [1.54, 1.807) is 0 Å². The Morgan fingerprint density at radius 3 is 2.22 bits per heavy atom. The van der Waals surface area contributed by atoms with Crippen LogP contribution in [0.2, 0.25) is 0 Å². The molecule has 0 unspecified atom stereocenters. The molecule has 0 aromatic heterocycles. The van der Waals surface area contributed by atoms with E-state index in [-0.39, 0.29) is 0 Å². The van der Waals surface area contributed by atoms with Gasteiger partial charge in [0.05, 0.1) is 0 Å². The van der Waals surface area contributed by atoms with Gasteiger partial charge in [-0.1, -0.05) is 31.9 Å². The summed E-state index contributed by atoms with van der Waals surface area (Å²) in [7, 11) is 0. The molecule has 0 aromatic carbocycles. The molecule has 0 aromatic rings. The van der Waals surface area contributed by atoms with Crippen molar-refractivity contribution in [2.75, 3.05) is 0 Å². The zero-order valence-electron chi connectivity index (χ0n) is 6.69. The van der Waals surface area contributed by atoms with Crippen LogP contribution in [0.1, 0.15) is 33.1 Å². The molecule has 0 aliphatic rings. The molecule has 0 heteroatoms. The minimum absolute atomic E-state index is 1.26. The number of rotatable bonds is 3. The molecule has 0 heterocycles. The normalized spacial score (nSPS) is 8.67. The molecule has 0 bridgehead atoms. The van der Waals surface area contributed by atoms with Gasteiger partial charge in [-0.15, -0.1) is 13.2 Å². The second kappa shape index (κ2) is 15.6. The van der Waals surface area contributed by atoms with Crippen LogP contribution in [0.4, 0.5) is 0 Å². The molecule has 0 spiro atoms. The monoisotopic (exact) mass is 126 g/mol. The molecule has 0 radical (unpaired) electrons. The zero-order chi connectivity index (χ0) is 7.54. The first-order valence-electron chi connectivity index (χ1n) is 3.53. The fraction of sp³-hybridized carbons (Fsp3) is 0.556. The SMILES string of the molecule is C/C=C\CCCC.C=C. The van der Waals surface area contributed by atoms with Gasteiger partial charge >= 0.3 is 0 Å². The fourth-order valence-electron chi connectivity index (χ4n) is 0.489. The van der Waals surface area contributed by atoms with Gasteiger partial charge in [0.15, 0.2) is 0 Å². The highest BCUT2D eigenvalue weighted by molar-refractivity contribution is 4.75. The molecule has 0 aliphatic carbocycles. The average Bonchev–Trinajstić information content (AvgIpc) is 1.94. The maximum absolute atomic E-state index is 3.00. The van der Waals surface area contributed by atoms with Gasteiger partial charge in [0, 0.05) is 0 Å². The zero-order valence-corrected chi connectivity index (χ0v) is 6.69. The maximum Gasteiger partial charge on any atom is -0.0351 e. The molecule has 0 aliphatic heterocycles. The van der Waals surface area contributed by atoms with Crippen molar-refractivity contribution in [3.8, 4) is 0 Å². The lowest BCUT2D eigenvalue weighted by Gasteiger charge is -1.83. The molecule has 0 saturated carbocycles. The second-order valence-electron chi connectivity index (χ2n) is 1.71. The summed E-state index contributed by atoms with van der Waals surface area (Å²) < 4.78 is 0. The Bertz CT molecular complexity index is 53.1. The van der Waals surface area contributed by atoms with E-state index in [9.17, 15) is 0 Å². The summed E-state index contributed by atoms with van der Waals surface area (Å²) in [4.78, 5) is 0. The molecule has 0 N–H and O–H groups in total. The highest BCUT2D eigenvalue weighted by atomic mass is 13.8. The number of unbranched alkanes of at least 4 members (excludes halogenated alkanes) is 2. The lowest BCUT2D eigenvalue weighted by molar-refractivity contribution is 0.814. The van der Waals surface area contributed by atoms with Gasteiger partial charge in [-0.3, -0.25) is 0 Å². The molecule has 0 rings (SSSR count). The number of allylic oxidation sites excluding steroid dienone is 2. The first-order chi connectivity index (χ1) is 4.41. The Morgan fingerprint density at radius 1 is 1.33 bits per heavy atom. The highest BCUT2D eigenvalue weighted by Gasteiger charge is 1.73. The van der Waals surface area contributed by atoms with E-state index in [1.807, 2.05) is 0 Å². The van der Waals surface area contributed by atoms with E-state index in [2.05, 4.69) is 39.2 Å². The lowest BCUT2D eigenvalue weighted by Crippen LogP contribution is -1.63. The lowest BCUT2D eigenvalue weighted by atomic mass is 10.2. The fourth-order valence-corrected chi connectivity index (χ4v) is 0.489. The van der Waals surface area contributed by atoms with Crippen molar-refractivity contribution < 1.29 is 0 Å². The van der Waals surface area contributed by atoms with Gasteiger partial charge in [-0.05, 0) is 13.3 Å². The molecular weight excluding hydrogens is 108 g/mol. The molecule has 0 atom stereocenters. The molecule has 0 fully saturated rings. The van der Waals surface area contributed by atoms with Crippen molar-refractivity contribution in [1.29, 1.82) is 0 Å². The summed E-state index contributed by atoms with van der Waals surface area (Å²) in [6.45, 7) is 10.3. The smallest absolute Gasteiger partial charge is 0.0351 e. The first kappa shape index (κ1) is 11.3. The molecule has 0 nitrogen and oxygen atoms in total. The van der Waals surface area contributed by atoms with Crippen LogP contribution in [0.3, 0.4) is 0 Å². The summed E-state index contributed by atoms with van der Waals surface area (Å²) in [6.07, 6.45) is 8.22. The van der Waals surface area contributed by atoms with Crippen molar-refractivity contribution >= 4 is 0 Å². The Labute approximate surface area is 59.3 Å². The third-order valence-corrected chi connectivity index (χ3v) is 0.960. The quantitative estimate of drug-likeness (QED) is 0.400. The van der Waals surface area contributed by atoms with E-state index in [4.69, 9.17) is 0 Å². The van der Waals surface area contributed by atoms with Crippen molar-refractivity contribution in [2.45, 2.75) is 33.1 Å². The summed E-state index contributed by atoms with van der Waals surface area (Å²) in [5.41, 5.74) is 0. The molecule has 0 amide bonds. The van der Waals surface area contributed by atoms with Crippen molar-refractivity contribution in [3.63, 3.8) is 0 Å². The standard InChI is InChI=1S/C7H14.C2H4/c1-3-5-7-6-4-2;1-2/h3,5H,4,6-7H2,1-2H3;1-2H2/b5-3-;. The van der Waals surface area contributed by atoms with Gasteiger partial charge in [0.2, 0.25) is 0 Å². The van der Waals surface area contributed by atoms with E-state index in [1.165, 1.54) is 19.3 Å². The third-order valence-electron chi connectivity index (χ3n) is 0.960. The van der Waals surface area contributed by atoms with Crippen molar-refractivity contribution in [3.05, 3.63) is 25.3 Å². The Kier molecular flexibility index (Phi) is 19.6. The van der Waals surface area contributed by atoms with Crippen LogP contribution >= 0.6 is 0 Å². The second-order valence-corrected chi connectivity index (χ2v) is 1.71. The minimum atomic E-state index is 1.26. The maximum atomic E-state index is 3.00. The van der Waals surface area contributed by atoms with Crippen LogP contribution in [0.5, 0.6) is 0 Å². The third kappa shape index (κ3) is 18.5. The predicted molar refractivity (Wildman–Crippen MR) is 45.6 cm³/mol. The Hall–Kier alpha value is -0.520. The number of hydrogen-bond donors (Lipinski definition) is 0. The van der Waals surface area contributed by atoms with Gasteiger partial charge in [-0.25, -0.2) is 0 Å². The van der Waals surface area contributed by atoms with Gasteiger partial charge in [0.25, 0.3) is 0 Å². The van der Waals surface area contributed by atoms with Crippen molar-refractivity contribution in [2.24, 2.45) is 0 Å². The van der Waals surface area contributed by atoms with Crippen LogP contribution < -0.4 is 0 Å². The summed E-state index contributed by atoms with van der Waals surface area (Å²) in [5.74, 6) is 0. The molecular formula is C9H18. The molecule has 54 valence electrons. The first-order valence-corrected chi connectivity index (χ1v) is 3.53. The van der Waals surface area contributed by atoms with Crippen LogP contribution in [-0.2, 0) is 0 Å². The van der Waals surface area contributed by atoms with Gasteiger partial charge in [0.1, 0.15) is 0 Å².